The Bertz CT molecular complexity index is 782. The second kappa shape index (κ2) is 7.03. The zero-order valence-electron chi connectivity index (χ0n) is 13.0. The predicted octanol–water partition coefficient (Wildman–Crippen LogP) is 4.16. The molecule has 0 spiro atoms. The van der Waals surface area contributed by atoms with Crippen molar-refractivity contribution in [3.63, 3.8) is 0 Å². The number of aromatic nitrogens is 1. The minimum Gasteiger partial charge on any atom is -0.472 e. The molecule has 8 heteroatoms. The van der Waals surface area contributed by atoms with Gasteiger partial charge < -0.3 is 9.64 Å². The van der Waals surface area contributed by atoms with Gasteiger partial charge in [-0.15, -0.1) is 0 Å². The van der Waals surface area contributed by atoms with E-state index in [1.54, 1.807) is 23.1 Å². The fourth-order valence-corrected chi connectivity index (χ4v) is 3.03. The van der Waals surface area contributed by atoms with Crippen LogP contribution in [-0.4, -0.2) is 35.0 Å². The summed E-state index contributed by atoms with van der Waals surface area (Å²) < 4.78 is 44.5. The maximum atomic E-state index is 12.7. The summed E-state index contributed by atoms with van der Waals surface area (Å²) in [5.74, 6) is -0.221. The summed E-state index contributed by atoms with van der Waals surface area (Å²) in [7, 11) is 0. The van der Waals surface area contributed by atoms with Crippen LogP contribution in [-0.2, 0) is 6.18 Å². The molecular formula is C17H14BrF3N2O2. The van der Waals surface area contributed by atoms with Crippen LogP contribution >= 0.6 is 15.9 Å². The Kier molecular flexibility index (Phi) is 4.99. The average molecular weight is 415 g/mol. The number of ether oxygens (including phenoxy) is 1. The summed E-state index contributed by atoms with van der Waals surface area (Å²) in [5.41, 5.74) is -0.259. The molecule has 0 bridgehead atoms. The van der Waals surface area contributed by atoms with Crippen molar-refractivity contribution in [3.8, 4) is 5.88 Å². The maximum absolute atomic E-state index is 12.7. The SMILES string of the molecule is O=C(c1cccc(Br)c1)N1CCC(Oc2cc(C(F)(F)F)ccn2)C1. The Morgan fingerprint density at radius 1 is 1.28 bits per heavy atom. The highest BCUT2D eigenvalue weighted by Gasteiger charge is 2.32. The van der Waals surface area contributed by atoms with Crippen molar-refractivity contribution in [2.24, 2.45) is 0 Å². The van der Waals surface area contributed by atoms with E-state index in [2.05, 4.69) is 20.9 Å². The Hall–Kier alpha value is -2.09. The molecule has 0 radical (unpaired) electrons. The summed E-state index contributed by atoms with van der Waals surface area (Å²) in [5, 5.41) is 0. The monoisotopic (exact) mass is 414 g/mol. The standard InChI is InChI=1S/C17H14BrF3N2O2/c18-13-3-1-2-11(8-13)16(24)23-7-5-14(10-23)25-15-9-12(4-6-22-15)17(19,20)21/h1-4,6,8-9,14H,5,7,10H2. The molecule has 4 nitrogen and oxygen atoms in total. The number of likely N-dealkylation sites (tertiary alicyclic amines) is 1. The molecule has 1 fully saturated rings. The first-order valence-corrected chi connectivity index (χ1v) is 8.37. The number of rotatable bonds is 3. The summed E-state index contributed by atoms with van der Waals surface area (Å²) in [6, 6.07) is 8.81. The molecule has 132 valence electrons. The number of alkyl halides is 3. The first kappa shape index (κ1) is 17.7. The van der Waals surface area contributed by atoms with Crippen molar-refractivity contribution >= 4 is 21.8 Å². The number of nitrogens with zero attached hydrogens (tertiary/aromatic N) is 2. The predicted molar refractivity (Wildman–Crippen MR) is 88.3 cm³/mol. The Balaban J connectivity index is 1.65. The van der Waals surface area contributed by atoms with Crippen molar-refractivity contribution in [2.45, 2.75) is 18.7 Å². The van der Waals surface area contributed by atoms with Crippen LogP contribution in [0.2, 0.25) is 0 Å². The van der Waals surface area contributed by atoms with Crippen molar-refractivity contribution in [2.75, 3.05) is 13.1 Å². The molecule has 3 rings (SSSR count). The van der Waals surface area contributed by atoms with Crippen LogP contribution in [0.1, 0.15) is 22.3 Å². The van der Waals surface area contributed by atoms with Gasteiger partial charge in [0.05, 0.1) is 12.1 Å². The van der Waals surface area contributed by atoms with Gasteiger partial charge in [-0.05, 0) is 24.3 Å². The lowest BCUT2D eigenvalue weighted by molar-refractivity contribution is -0.137. The number of carbonyl (C=O) groups is 1. The van der Waals surface area contributed by atoms with Gasteiger partial charge in [0.2, 0.25) is 5.88 Å². The average Bonchev–Trinajstić information content (AvgIpc) is 3.02. The van der Waals surface area contributed by atoms with Crippen LogP contribution in [0, 0.1) is 0 Å². The van der Waals surface area contributed by atoms with Crippen LogP contribution in [0.3, 0.4) is 0 Å². The van der Waals surface area contributed by atoms with E-state index in [0.717, 1.165) is 22.8 Å². The van der Waals surface area contributed by atoms with Crippen molar-refractivity contribution in [1.82, 2.24) is 9.88 Å². The molecule has 1 aromatic carbocycles. The molecule has 2 aromatic rings. The fraction of sp³-hybridized carbons (Fsp3) is 0.294. The van der Waals surface area contributed by atoms with Crippen LogP contribution < -0.4 is 4.74 Å². The number of pyridine rings is 1. The molecule has 1 atom stereocenters. The van der Waals surface area contributed by atoms with E-state index in [4.69, 9.17) is 4.74 Å². The van der Waals surface area contributed by atoms with Crippen molar-refractivity contribution in [1.29, 1.82) is 0 Å². The molecule has 1 aliphatic heterocycles. The van der Waals surface area contributed by atoms with Gasteiger partial charge in [0, 0.05) is 35.3 Å². The first-order valence-electron chi connectivity index (χ1n) is 7.57. The molecule has 0 aliphatic carbocycles. The van der Waals surface area contributed by atoms with Gasteiger partial charge in [0.1, 0.15) is 6.10 Å². The van der Waals surface area contributed by atoms with Gasteiger partial charge in [-0.1, -0.05) is 22.0 Å². The van der Waals surface area contributed by atoms with Crippen LogP contribution in [0.5, 0.6) is 5.88 Å². The number of hydrogen-bond donors (Lipinski definition) is 0. The van der Waals surface area contributed by atoms with Gasteiger partial charge in [-0.25, -0.2) is 4.98 Å². The summed E-state index contributed by atoms with van der Waals surface area (Å²) >= 11 is 3.32. The molecule has 0 N–H and O–H groups in total. The summed E-state index contributed by atoms with van der Waals surface area (Å²) in [4.78, 5) is 17.9. The Labute approximate surface area is 150 Å². The second-order valence-corrected chi connectivity index (χ2v) is 6.59. The Morgan fingerprint density at radius 2 is 2.08 bits per heavy atom. The maximum Gasteiger partial charge on any atom is 0.416 e. The summed E-state index contributed by atoms with van der Waals surface area (Å²) in [6.45, 7) is 0.790. The largest absolute Gasteiger partial charge is 0.472 e. The van der Waals surface area contributed by atoms with Crippen molar-refractivity contribution in [3.05, 3.63) is 58.2 Å². The van der Waals surface area contributed by atoms with E-state index in [0.29, 0.717) is 25.1 Å². The smallest absolute Gasteiger partial charge is 0.416 e. The third kappa shape index (κ3) is 4.31. The minimum atomic E-state index is -4.45. The molecule has 25 heavy (non-hydrogen) atoms. The normalized spacial score (nSPS) is 17.6. The van der Waals surface area contributed by atoms with Gasteiger partial charge in [0.25, 0.3) is 5.91 Å². The second-order valence-electron chi connectivity index (χ2n) is 5.67. The first-order chi connectivity index (χ1) is 11.8. The van der Waals surface area contributed by atoms with Gasteiger partial charge in [0.15, 0.2) is 0 Å². The zero-order valence-corrected chi connectivity index (χ0v) is 14.5. The highest BCUT2D eigenvalue weighted by atomic mass is 79.9. The van der Waals surface area contributed by atoms with E-state index in [1.807, 2.05) is 6.07 Å². The lowest BCUT2D eigenvalue weighted by Crippen LogP contribution is -2.31. The lowest BCUT2D eigenvalue weighted by atomic mass is 10.2. The lowest BCUT2D eigenvalue weighted by Gasteiger charge is -2.17. The highest BCUT2D eigenvalue weighted by Crippen LogP contribution is 2.31. The van der Waals surface area contributed by atoms with Crippen molar-refractivity contribution < 1.29 is 22.7 Å². The summed E-state index contributed by atoms with van der Waals surface area (Å²) in [6.07, 6.45) is -3.22. The topological polar surface area (TPSA) is 42.4 Å². The molecule has 1 aliphatic rings. The third-order valence-corrected chi connectivity index (χ3v) is 4.35. The molecule has 1 saturated heterocycles. The third-order valence-electron chi connectivity index (χ3n) is 3.85. The Morgan fingerprint density at radius 3 is 2.80 bits per heavy atom. The fourth-order valence-electron chi connectivity index (χ4n) is 2.63. The zero-order chi connectivity index (χ0) is 18.0. The molecule has 0 saturated carbocycles. The number of halogens is 4. The van der Waals surface area contributed by atoms with Crippen LogP contribution in [0.15, 0.2) is 47.1 Å². The van der Waals surface area contributed by atoms with Gasteiger partial charge in [-0.2, -0.15) is 13.2 Å². The van der Waals surface area contributed by atoms with E-state index in [1.165, 1.54) is 0 Å². The number of hydrogen-bond acceptors (Lipinski definition) is 3. The quantitative estimate of drug-likeness (QED) is 0.757. The van der Waals surface area contributed by atoms with Gasteiger partial charge >= 0.3 is 6.18 Å². The molecule has 1 aromatic heterocycles. The molecule has 1 unspecified atom stereocenters. The van der Waals surface area contributed by atoms with E-state index in [-0.39, 0.29) is 17.9 Å². The van der Waals surface area contributed by atoms with E-state index < -0.39 is 11.7 Å². The van der Waals surface area contributed by atoms with Crippen LogP contribution in [0.4, 0.5) is 13.2 Å². The number of benzene rings is 1. The molecular weight excluding hydrogens is 401 g/mol. The van der Waals surface area contributed by atoms with Gasteiger partial charge in [-0.3, -0.25) is 4.79 Å². The molecule has 2 heterocycles. The highest BCUT2D eigenvalue weighted by molar-refractivity contribution is 9.10. The minimum absolute atomic E-state index is 0.0865. The number of amides is 1. The van der Waals surface area contributed by atoms with Crippen LogP contribution in [0.25, 0.3) is 0 Å². The van der Waals surface area contributed by atoms with E-state index >= 15 is 0 Å². The van der Waals surface area contributed by atoms with E-state index in [9.17, 15) is 18.0 Å². The number of carbonyl (C=O) groups excluding carboxylic acids is 1. The molecule has 1 amide bonds.